The van der Waals surface area contributed by atoms with Gasteiger partial charge < -0.3 is 15.7 Å². The van der Waals surface area contributed by atoms with Crippen molar-refractivity contribution >= 4 is 5.84 Å². The van der Waals surface area contributed by atoms with Crippen LogP contribution in [0.15, 0.2) is 47.8 Å². The molecule has 2 rings (SSSR count). The SMILES string of the molecule is CC(C)c1cccc(Oc2cc(/C(N)=N/O)ccn2)c1. The Labute approximate surface area is 117 Å². The maximum Gasteiger partial charge on any atom is 0.219 e. The summed E-state index contributed by atoms with van der Waals surface area (Å²) in [6.07, 6.45) is 1.55. The molecule has 0 atom stereocenters. The molecule has 5 nitrogen and oxygen atoms in total. The predicted octanol–water partition coefficient (Wildman–Crippen LogP) is 3.09. The van der Waals surface area contributed by atoms with Crippen molar-refractivity contribution in [2.45, 2.75) is 19.8 Å². The van der Waals surface area contributed by atoms with Gasteiger partial charge >= 0.3 is 0 Å². The third-order valence-electron chi connectivity index (χ3n) is 2.89. The summed E-state index contributed by atoms with van der Waals surface area (Å²) in [4.78, 5) is 4.11. The minimum Gasteiger partial charge on any atom is -0.439 e. The molecule has 2 aromatic rings. The van der Waals surface area contributed by atoms with Gasteiger partial charge in [-0.2, -0.15) is 0 Å². The summed E-state index contributed by atoms with van der Waals surface area (Å²) in [5, 5.41) is 11.6. The first-order valence-electron chi connectivity index (χ1n) is 6.32. The molecule has 0 saturated carbocycles. The molecule has 0 unspecified atom stereocenters. The van der Waals surface area contributed by atoms with Gasteiger partial charge in [0.15, 0.2) is 5.84 Å². The quantitative estimate of drug-likeness (QED) is 0.387. The van der Waals surface area contributed by atoms with Crippen LogP contribution in [0.4, 0.5) is 0 Å². The van der Waals surface area contributed by atoms with Gasteiger partial charge in [0.1, 0.15) is 5.75 Å². The molecule has 1 aromatic heterocycles. The van der Waals surface area contributed by atoms with Crippen molar-refractivity contribution in [2.75, 3.05) is 0 Å². The van der Waals surface area contributed by atoms with E-state index in [1.165, 1.54) is 5.56 Å². The lowest BCUT2D eigenvalue weighted by Gasteiger charge is -2.09. The lowest BCUT2D eigenvalue weighted by Crippen LogP contribution is -2.13. The third kappa shape index (κ3) is 3.26. The van der Waals surface area contributed by atoms with Crippen molar-refractivity contribution in [3.63, 3.8) is 0 Å². The Balaban J connectivity index is 2.24. The maximum atomic E-state index is 8.67. The Morgan fingerprint density at radius 2 is 2.10 bits per heavy atom. The number of oxime groups is 1. The molecule has 104 valence electrons. The van der Waals surface area contributed by atoms with Gasteiger partial charge in [-0.15, -0.1) is 0 Å². The number of hydrogen-bond acceptors (Lipinski definition) is 4. The van der Waals surface area contributed by atoms with Gasteiger partial charge in [-0.25, -0.2) is 4.98 Å². The van der Waals surface area contributed by atoms with Crippen molar-refractivity contribution in [2.24, 2.45) is 10.9 Å². The van der Waals surface area contributed by atoms with Crippen LogP contribution in [0, 0.1) is 0 Å². The summed E-state index contributed by atoms with van der Waals surface area (Å²) >= 11 is 0. The first kappa shape index (κ1) is 13.9. The van der Waals surface area contributed by atoms with E-state index < -0.39 is 0 Å². The fourth-order valence-corrected chi connectivity index (χ4v) is 1.74. The first-order chi connectivity index (χ1) is 9.60. The summed E-state index contributed by atoms with van der Waals surface area (Å²) in [5.74, 6) is 1.55. The van der Waals surface area contributed by atoms with Crippen LogP contribution in [0.3, 0.4) is 0 Å². The number of benzene rings is 1. The van der Waals surface area contributed by atoms with Crippen LogP contribution in [-0.4, -0.2) is 16.0 Å². The molecular weight excluding hydrogens is 254 g/mol. The topological polar surface area (TPSA) is 80.7 Å². The van der Waals surface area contributed by atoms with E-state index in [0.717, 1.165) is 0 Å². The second kappa shape index (κ2) is 6.06. The van der Waals surface area contributed by atoms with Gasteiger partial charge in [-0.3, -0.25) is 0 Å². The average Bonchev–Trinajstić information content (AvgIpc) is 2.47. The molecule has 5 heteroatoms. The number of aromatic nitrogens is 1. The number of rotatable bonds is 4. The van der Waals surface area contributed by atoms with E-state index in [1.54, 1.807) is 18.3 Å². The van der Waals surface area contributed by atoms with Crippen LogP contribution in [-0.2, 0) is 0 Å². The van der Waals surface area contributed by atoms with Gasteiger partial charge in [0.25, 0.3) is 0 Å². The van der Waals surface area contributed by atoms with Crippen LogP contribution >= 0.6 is 0 Å². The molecule has 0 amide bonds. The molecule has 0 aliphatic rings. The minimum atomic E-state index is 0.0215. The lowest BCUT2D eigenvalue weighted by molar-refractivity contribution is 0.318. The average molecular weight is 271 g/mol. The number of ether oxygens (including phenoxy) is 1. The zero-order chi connectivity index (χ0) is 14.5. The van der Waals surface area contributed by atoms with E-state index in [9.17, 15) is 0 Å². The second-order valence-corrected chi connectivity index (χ2v) is 4.70. The number of hydrogen-bond donors (Lipinski definition) is 2. The summed E-state index contributed by atoms with van der Waals surface area (Å²) < 4.78 is 5.70. The standard InChI is InChI=1S/C15H17N3O2/c1-10(2)11-4-3-5-13(8-11)20-14-9-12(6-7-17-14)15(16)18-19/h3-10,19H,1-2H3,(H2,16,18). The van der Waals surface area contributed by atoms with Gasteiger partial charge in [0, 0.05) is 17.8 Å². The van der Waals surface area contributed by atoms with Crippen LogP contribution in [0.25, 0.3) is 0 Å². The fraction of sp³-hybridized carbons (Fsp3) is 0.200. The van der Waals surface area contributed by atoms with E-state index in [0.29, 0.717) is 23.1 Å². The van der Waals surface area contributed by atoms with Crippen molar-refractivity contribution in [1.29, 1.82) is 0 Å². The van der Waals surface area contributed by atoms with Crippen molar-refractivity contribution in [3.05, 3.63) is 53.7 Å². The van der Waals surface area contributed by atoms with Gasteiger partial charge in [-0.05, 0) is 29.7 Å². The molecule has 1 heterocycles. The van der Waals surface area contributed by atoms with Crippen LogP contribution < -0.4 is 10.5 Å². The summed E-state index contributed by atoms with van der Waals surface area (Å²) in [5.41, 5.74) is 7.28. The Bertz CT molecular complexity index is 624. The van der Waals surface area contributed by atoms with Gasteiger partial charge in [0.05, 0.1) is 0 Å². The molecule has 0 aliphatic heterocycles. The van der Waals surface area contributed by atoms with Crippen molar-refractivity contribution in [1.82, 2.24) is 4.98 Å². The Morgan fingerprint density at radius 3 is 2.80 bits per heavy atom. The minimum absolute atomic E-state index is 0.0215. The zero-order valence-electron chi connectivity index (χ0n) is 11.4. The molecule has 1 aromatic carbocycles. The summed E-state index contributed by atoms with van der Waals surface area (Å²) in [6, 6.07) is 11.1. The fourth-order valence-electron chi connectivity index (χ4n) is 1.74. The number of nitrogens with zero attached hydrogens (tertiary/aromatic N) is 2. The lowest BCUT2D eigenvalue weighted by atomic mass is 10.0. The Morgan fingerprint density at radius 1 is 1.30 bits per heavy atom. The predicted molar refractivity (Wildman–Crippen MR) is 77.4 cm³/mol. The largest absolute Gasteiger partial charge is 0.439 e. The van der Waals surface area contributed by atoms with Crippen LogP contribution in [0.1, 0.15) is 30.9 Å². The van der Waals surface area contributed by atoms with E-state index in [-0.39, 0.29) is 5.84 Å². The highest BCUT2D eigenvalue weighted by atomic mass is 16.5. The number of amidine groups is 1. The third-order valence-corrected chi connectivity index (χ3v) is 2.89. The zero-order valence-corrected chi connectivity index (χ0v) is 11.4. The molecule has 0 radical (unpaired) electrons. The number of pyridine rings is 1. The highest BCUT2D eigenvalue weighted by Gasteiger charge is 2.05. The van der Waals surface area contributed by atoms with Crippen LogP contribution in [0.5, 0.6) is 11.6 Å². The van der Waals surface area contributed by atoms with Crippen LogP contribution in [0.2, 0.25) is 0 Å². The Hall–Kier alpha value is -2.56. The highest BCUT2D eigenvalue weighted by molar-refractivity contribution is 5.97. The van der Waals surface area contributed by atoms with Gasteiger partial charge in [-0.1, -0.05) is 31.1 Å². The monoisotopic (exact) mass is 271 g/mol. The number of nitrogens with two attached hydrogens (primary N) is 1. The molecule has 0 saturated heterocycles. The van der Waals surface area contributed by atoms with Crippen molar-refractivity contribution in [3.8, 4) is 11.6 Å². The normalized spacial score (nSPS) is 11.7. The molecular formula is C15H17N3O2. The molecule has 20 heavy (non-hydrogen) atoms. The van der Waals surface area contributed by atoms with E-state index in [2.05, 4.69) is 30.1 Å². The van der Waals surface area contributed by atoms with Gasteiger partial charge in [0.2, 0.25) is 5.88 Å². The van der Waals surface area contributed by atoms with E-state index in [4.69, 9.17) is 15.7 Å². The van der Waals surface area contributed by atoms with E-state index in [1.807, 2.05) is 18.2 Å². The smallest absolute Gasteiger partial charge is 0.219 e. The second-order valence-electron chi connectivity index (χ2n) is 4.70. The van der Waals surface area contributed by atoms with E-state index >= 15 is 0 Å². The van der Waals surface area contributed by atoms with Crippen molar-refractivity contribution < 1.29 is 9.94 Å². The Kier molecular flexibility index (Phi) is 4.20. The molecule has 0 aliphatic carbocycles. The highest BCUT2D eigenvalue weighted by Crippen LogP contribution is 2.24. The molecule has 0 fully saturated rings. The molecule has 3 N–H and O–H groups in total. The first-order valence-corrected chi connectivity index (χ1v) is 6.32. The molecule has 0 spiro atoms. The summed E-state index contributed by atoms with van der Waals surface area (Å²) in [7, 11) is 0. The summed E-state index contributed by atoms with van der Waals surface area (Å²) in [6.45, 7) is 4.24. The maximum absolute atomic E-state index is 8.67. The molecule has 0 bridgehead atoms.